The average Bonchev–Trinajstić information content (AvgIpc) is 3.37. The van der Waals surface area contributed by atoms with Crippen molar-refractivity contribution in [3.05, 3.63) is 65.2 Å². The Kier molecular flexibility index (Phi) is 5.14. The van der Waals surface area contributed by atoms with Gasteiger partial charge in [-0.3, -0.25) is 9.98 Å². The van der Waals surface area contributed by atoms with Gasteiger partial charge in [0.25, 0.3) is 0 Å². The second kappa shape index (κ2) is 8.04. The maximum atomic E-state index is 4.46. The number of aliphatic imine (C=N–C) groups is 2. The van der Waals surface area contributed by atoms with Crippen molar-refractivity contribution in [3.8, 4) is 0 Å². The van der Waals surface area contributed by atoms with Crippen LogP contribution in [-0.4, -0.2) is 38.0 Å². The number of anilines is 1. The highest BCUT2D eigenvalue weighted by atomic mass is 15.2. The summed E-state index contributed by atoms with van der Waals surface area (Å²) in [7, 11) is 0. The molecule has 0 radical (unpaired) electrons. The number of rotatable bonds is 6. The molecule has 2 aromatic rings. The summed E-state index contributed by atoms with van der Waals surface area (Å²) in [5.41, 5.74) is 5.13. The number of nitrogens with one attached hydrogen (secondary N) is 3. The van der Waals surface area contributed by atoms with Crippen molar-refractivity contribution in [2.24, 2.45) is 9.98 Å². The molecule has 0 bridgehead atoms. The van der Waals surface area contributed by atoms with Crippen molar-refractivity contribution in [1.82, 2.24) is 10.6 Å². The van der Waals surface area contributed by atoms with Crippen LogP contribution in [0.5, 0.6) is 0 Å². The molecule has 134 valence electrons. The first kappa shape index (κ1) is 16.6. The van der Waals surface area contributed by atoms with E-state index in [1.54, 1.807) is 0 Å². The molecular weight excluding hydrogens is 322 g/mol. The number of amidine groups is 1. The number of hydrogen-bond acceptors (Lipinski definition) is 5. The van der Waals surface area contributed by atoms with E-state index in [1.165, 1.54) is 16.7 Å². The van der Waals surface area contributed by atoms with Gasteiger partial charge in [0.1, 0.15) is 5.84 Å². The monoisotopic (exact) mass is 347 g/mol. The fourth-order valence-corrected chi connectivity index (χ4v) is 3.24. The third kappa shape index (κ3) is 4.42. The zero-order valence-corrected chi connectivity index (χ0v) is 15.0. The van der Waals surface area contributed by atoms with E-state index in [2.05, 4.69) is 74.5 Å². The molecule has 0 fully saturated rings. The van der Waals surface area contributed by atoms with Crippen molar-refractivity contribution in [1.29, 1.82) is 0 Å². The first-order valence-electron chi connectivity index (χ1n) is 9.34. The molecule has 0 spiro atoms. The quantitative estimate of drug-likeness (QED) is 0.752. The fourth-order valence-electron chi connectivity index (χ4n) is 3.24. The van der Waals surface area contributed by atoms with Crippen molar-refractivity contribution >= 4 is 17.5 Å². The smallest absolute Gasteiger partial charge is 0.195 e. The molecule has 3 N–H and O–H groups in total. The number of hydrogen-bond donors (Lipinski definition) is 3. The molecular formula is C21H25N5. The molecule has 0 saturated heterocycles. The van der Waals surface area contributed by atoms with Crippen molar-refractivity contribution < 1.29 is 0 Å². The molecule has 5 nitrogen and oxygen atoms in total. The minimum absolute atomic E-state index is 0.851. The van der Waals surface area contributed by atoms with Gasteiger partial charge in [0.2, 0.25) is 0 Å². The molecule has 2 heterocycles. The zero-order valence-electron chi connectivity index (χ0n) is 15.0. The molecule has 2 aliphatic rings. The molecule has 4 rings (SSSR count). The molecule has 2 aromatic carbocycles. The Morgan fingerprint density at radius 3 is 1.96 bits per heavy atom. The highest BCUT2D eigenvalue weighted by Crippen LogP contribution is 2.14. The van der Waals surface area contributed by atoms with Gasteiger partial charge >= 0.3 is 0 Å². The summed E-state index contributed by atoms with van der Waals surface area (Å²) in [4.78, 5) is 8.81. The second-order valence-corrected chi connectivity index (χ2v) is 6.73. The fraction of sp³-hybridized carbons (Fsp3) is 0.333. The van der Waals surface area contributed by atoms with Gasteiger partial charge in [0.05, 0.1) is 13.1 Å². The lowest BCUT2D eigenvalue weighted by molar-refractivity contribution is 0.950. The van der Waals surface area contributed by atoms with Gasteiger partial charge in [0, 0.05) is 25.2 Å². The first-order valence-corrected chi connectivity index (χ1v) is 9.34. The van der Waals surface area contributed by atoms with Crippen LogP contribution in [0.25, 0.3) is 0 Å². The molecule has 0 aromatic heterocycles. The molecule has 26 heavy (non-hydrogen) atoms. The summed E-state index contributed by atoms with van der Waals surface area (Å²) in [6.07, 6.45) is 3.02. The summed E-state index contributed by atoms with van der Waals surface area (Å²) >= 11 is 0. The van der Waals surface area contributed by atoms with Gasteiger partial charge in [0.15, 0.2) is 5.96 Å². The summed E-state index contributed by atoms with van der Waals surface area (Å²) in [5, 5.41) is 9.85. The topological polar surface area (TPSA) is 60.8 Å². The van der Waals surface area contributed by atoms with Gasteiger partial charge in [-0.25, -0.2) is 0 Å². The van der Waals surface area contributed by atoms with Crippen LogP contribution in [0, 0.1) is 0 Å². The third-order valence-corrected chi connectivity index (χ3v) is 4.73. The van der Waals surface area contributed by atoms with Crippen LogP contribution in [-0.2, 0) is 19.3 Å². The molecule has 5 heteroatoms. The number of benzene rings is 2. The summed E-state index contributed by atoms with van der Waals surface area (Å²) in [6, 6.07) is 17.6. The first-order chi connectivity index (χ1) is 12.8. The van der Waals surface area contributed by atoms with E-state index < -0.39 is 0 Å². The Bertz CT molecular complexity index is 721. The minimum atomic E-state index is 0.851. The highest BCUT2D eigenvalue weighted by Gasteiger charge is 2.06. The molecule has 0 atom stereocenters. The Morgan fingerprint density at radius 2 is 1.35 bits per heavy atom. The van der Waals surface area contributed by atoms with Crippen LogP contribution in [0.3, 0.4) is 0 Å². The molecule has 0 saturated carbocycles. The second-order valence-electron chi connectivity index (χ2n) is 6.73. The van der Waals surface area contributed by atoms with Crippen molar-refractivity contribution in [2.75, 3.05) is 31.5 Å². The Hall–Kier alpha value is -2.82. The summed E-state index contributed by atoms with van der Waals surface area (Å²) in [6.45, 7) is 3.66. The summed E-state index contributed by atoms with van der Waals surface area (Å²) < 4.78 is 0. The highest BCUT2D eigenvalue weighted by molar-refractivity contribution is 5.94. The van der Waals surface area contributed by atoms with E-state index in [0.717, 1.165) is 62.9 Å². The van der Waals surface area contributed by atoms with Gasteiger partial charge in [-0.05, 0) is 41.7 Å². The molecule has 2 aliphatic heterocycles. The SMILES string of the molecule is c1cc(CC2=NCCN2)ccc1CCc1ccc(NC2=NCCN2)cc1. The zero-order chi connectivity index (χ0) is 17.6. The lowest BCUT2D eigenvalue weighted by Crippen LogP contribution is -2.26. The Morgan fingerprint density at radius 1 is 0.731 bits per heavy atom. The van der Waals surface area contributed by atoms with E-state index in [4.69, 9.17) is 0 Å². The van der Waals surface area contributed by atoms with Crippen molar-refractivity contribution in [3.63, 3.8) is 0 Å². The van der Waals surface area contributed by atoms with Crippen LogP contribution in [0.2, 0.25) is 0 Å². The van der Waals surface area contributed by atoms with Crippen LogP contribution >= 0.6 is 0 Å². The van der Waals surface area contributed by atoms with Crippen molar-refractivity contribution in [2.45, 2.75) is 19.3 Å². The van der Waals surface area contributed by atoms with E-state index in [-0.39, 0.29) is 0 Å². The summed E-state index contributed by atoms with van der Waals surface area (Å²) in [5.74, 6) is 1.99. The number of guanidine groups is 1. The van der Waals surface area contributed by atoms with E-state index >= 15 is 0 Å². The van der Waals surface area contributed by atoms with Gasteiger partial charge in [-0.15, -0.1) is 0 Å². The van der Waals surface area contributed by atoms with Crippen LogP contribution in [0.15, 0.2) is 58.5 Å². The van der Waals surface area contributed by atoms with Crippen LogP contribution in [0.4, 0.5) is 5.69 Å². The largest absolute Gasteiger partial charge is 0.372 e. The Balaban J connectivity index is 1.28. The minimum Gasteiger partial charge on any atom is -0.372 e. The molecule has 0 aliphatic carbocycles. The van der Waals surface area contributed by atoms with Crippen LogP contribution < -0.4 is 16.0 Å². The maximum Gasteiger partial charge on any atom is 0.195 e. The lowest BCUT2D eigenvalue weighted by Gasteiger charge is -2.08. The van der Waals surface area contributed by atoms with Gasteiger partial charge < -0.3 is 16.0 Å². The van der Waals surface area contributed by atoms with E-state index in [1.807, 2.05) is 0 Å². The Labute approximate surface area is 154 Å². The standard InChI is InChI=1S/C21H25N5/c1(16-3-5-18(6-4-16)15-20-22-11-12-23-20)2-17-7-9-19(10-8-17)26-21-24-13-14-25-21/h3-10H,1-2,11-15H2,(H,22,23)(H2,24,25,26). The van der Waals surface area contributed by atoms with Gasteiger partial charge in [-0.2, -0.15) is 0 Å². The van der Waals surface area contributed by atoms with E-state index in [9.17, 15) is 0 Å². The predicted octanol–water partition coefficient (Wildman–Crippen LogP) is 2.39. The normalized spacial score (nSPS) is 15.8. The lowest BCUT2D eigenvalue weighted by atomic mass is 10.0. The average molecular weight is 347 g/mol. The van der Waals surface area contributed by atoms with Gasteiger partial charge in [-0.1, -0.05) is 36.4 Å². The predicted molar refractivity (Wildman–Crippen MR) is 108 cm³/mol. The molecule has 0 unspecified atom stereocenters. The van der Waals surface area contributed by atoms with E-state index in [0.29, 0.717) is 0 Å². The number of aryl methyl sites for hydroxylation is 2. The molecule has 0 amide bonds. The number of nitrogens with zero attached hydrogens (tertiary/aromatic N) is 2. The maximum absolute atomic E-state index is 4.46. The third-order valence-electron chi connectivity index (χ3n) is 4.73. The van der Waals surface area contributed by atoms with Crippen LogP contribution in [0.1, 0.15) is 16.7 Å².